The summed E-state index contributed by atoms with van der Waals surface area (Å²) in [5, 5.41) is 7.32. The van der Waals surface area contributed by atoms with E-state index in [0.29, 0.717) is 19.8 Å². The highest BCUT2D eigenvalue weighted by molar-refractivity contribution is 7.07. The number of amides is 1. The SMILES string of the molecule is CCN(CC)C(CNC(=O)C(N)C1CCOCC1)c1ccsc1.Cl.Cl. The van der Waals surface area contributed by atoms with Crippen molar-refractivity contribution in [3.63, 3.8) is 0 Å². The second kappa shape index (κ2) is 12.9. The van der Waals surface area contributed by atoms with E-state index in [0.717, 1.165) is 25.9 Å². The third-order valence-corrected chi connectivity index (χ3v) is 5.43. The quantitative estimate of drug-likeness (QED) is 0.689. The Hall–Kier alpha value is -0.370. The van der Waals surface area contributed by atoms with Crippen LogP contribution in [-0.4, -0.2) is 49.7 Å². The van der Waals surface area contributed by atoms with E-state index < -0.39 is 6.04 Å². The number of thiophene rings is 1. The van der Waals surface area contributed by atoms with Crippen LogP contribution < -0.4 is 11.1 Å². The average molecular weight is 412 g/mol. The van der Waals surface area contributed by atoms with Crippen molar-refractivity contribution in [3.8, 4) is 0 Å². The van der Waals surface area contributed by atoms with Crippen LogP contribution in [-0.2, 0) is 9.53 Å². The van der Waals surface area contributed by atoms with Gasteiger partial charge in [0.2, 0.25) is 5.91 Å². The third-order valence-electron chi connectivity index (χ3n) is 4.73. The summed E-state index contributed by atoms with van der Waals surface area (Å²) < 4.78 is 5.34. The fraction of sp³-hybridized carbons (Fsp3) is 0.706. The van der Waals surface area contributed by atoms with Gasteiger partial charge in [0.25, 0.3) is 0 Å². The van der Waals surface area contributed by atoms with E-state index in [4.69, 9.17) is 10.5 Å². The van der Waals surface area contributed by atoms with Gasteiger partial charge in [0, 0.05) is 19.8 Å². The predicted octanol–water partition coefficient (Wildman–Crippen LogP) is 2.84. The van der Waals surface area contributed by atoms with Crippen LogP contribution >= 0.6 is 36.2 Å². The average Bonchev–Trinajstić information content (AvgIpc) is 3.12. The van der Waals surface area contributed by atoms with Gasteiger partial charge in [0.1, 0.15) is 0 Å². The Bertz CT molecular complexity index is 466. The zero-order chi connectivity index (χ0) is 16.7. The number of nitrogens with one attached hydrogen (secondary N) is 1. The minimum Gasteiger partial charge on any atom is -0.381 e. The molecule has 0 saturated carbocycles. The van der Waals surface area contributed by atoms with Gasteiger partial charge in [-0.3, -0.25) is 9.69 Å². The first kappa shape index (κ1) is 24.6. The zero-order valence-corrected chi connectivity index (χ0v) is 17.4. The number of likely N-dealkylation sites (N-methyl/N-ethyl adjacent to an activating group) is 1. The number of hydrogen-bond donors (Lipinski definition) is 2. The van der Waals surface area contributed by atoms with Crippen molar-refractivity contribution in [3.05, 3.63) is 22.4 Å². The first-order valence-electron chi connectivity index (χ1n) is 8.54. The zero-order valence-electron chi connectivity index (χ0n) is 15.0. The highest BCUT2D eigenvalue weighted by atomic mass is 35.5. The summed E-state index contributed by atoms with van der Waals surface area (Å²) in [5.74, 6) is 0.195. The maximum Gasteiger partial charge on any atom is 0.237 e. The highest BCUT2D eigenvalue weighted by Gasteiger charge is 2.27. The Kier molecular flexibility index (Phi) is 12.7. The van der Waals surface area contributed by atoms with Crippen LogP contribution in [0.3, 0.4) is 0 Å². The Morgan fingerprint density at radius 1 is 1.36 bits per heavy atom. The lowest BCUT2D eigenvalue weighted by Crippen LogP contribution is -2.49. The van der Waals surface area contributed by atoms with Gasteiger partial charge in [-0.1, -0.05) is 13.8 Å². The first-order chi connectivity index (χ1) is 11.2. The van der Waals surface area contributed by atoms with Gasteiger partial charge in [-0.25, -0.2) is 0 Å². The molecule has 3 N–H and O–H groups in total. The molecule has 25 heavy (non-hydrogen) atoms. The summed E-state index contributed by atoms with van der Waals surface area (Å²) in [7, 11) is 0. The van der Waals surface area contributed by atoms with Crippen molar-refractivity contribution in [2.24, 2.45) is 11.7 Å². The van der Waals surface area contributed by atoms with Crippen LogP contribution in [0.5, 0.6) is 0 Å². The smallest absolute Gasteiger partial charge is 0.237 e. The molecule has 1 aromatic rings. The van der Waals surface area contributed by atoms with Gasteiger partial charge >= 0.3 is 0 Å². The Morgan fingerprint density at radius 2 is 2.00 bits per heavy atom. The molecule has 1 aromatic heterocycles. The molecule has 0 bridgehead atoms. The minimum absolute atomic E-state index is 0. The summed E-state index contributed by atoms with van der Waals surface area (Å²) >= 11 is 1.69. The van der Waals surface area contributed by atoms with Crippen LogP contribution in [0.15, 0.2) is 16.8 Å². The van der Waals surface area contributed by atoms with E-state index in [1.807, 2.05) is 0 Å². The third kappa shape index (κ3) is 7.04. The lowest BCUT2D eigenvalue weighted by molar-refractivity contribution is -0.124. The van der Waals surface area contributed by atoms with Crippen LogP contribution in [0.1, 0.15) is 38.3 Å². The number of carbonyl (C=O) groups is 1. The standard InChI is InChI=1S/C17H29N3O2S.2ClH/c1-3-20(4-2)15(14-7-10-23-12-14)11-19-17(21)16(18)13-5-8-22-9-6-13;;/h7,10,12-13,15-16H,3-6,8-9,11,18H2,1-2H3,(H,19,21);2*1H. The van der Waals surface area contributed by atoms with Gasteiger partial charge < -0.3 is 15.8 Å². The lowest BCUT2D eigenvalue weighted by atomic mass is 9.92. The molecule has 5 nitrogen and oxygen atoms in total. The van der Waals surface area contributed by atoms with Gasteiger partial charge in [-0.05, 0) is 54.2 Å². The van der Waals surface area contributed by atoms with Crippen LogP contribution in [0.25, 0.3) is 0 Å². The molecule has 0 spiro atoms. The highest BCUT2D eigenvalue weighted by Crippen LogP contribution is 2.23. The molecule has 8 heteroatoms. The van der Waals surface area contributed by atoms with Crippen LogP contribution in [0.4, 0.5) is 0 Å². The van der Waals surface area contributed by atoms with Crippen molar-refractivity contribution in [1.82, 2.24) is 10.2 Å². The van der Waals surface area contributed by atoms with E-state index in [2.05, 4.69) is 40.9 Å². The number of halogens is 2. The lowest BCUT2D eigenvalue weighted by Gasteiger charge is -2.31. The van der Waals surface area contributed by atoms with E-state index in [1.54, 1.807) is 11.3 Å². The Balaban J connectivity index is 0.00000288. The Labute approximate surface area is 167 Å². The van der Waals surface area contributed by atoms with E-state index in [-0.39, 0.29) is 42.7 Å². The summed E-state index contributed by atoms with van der Waals surface area (Å²) in [6.07, 6.45) is 1.75. The molecular weight excluding hydrogens is 381 g/mol. The van der Waals surface area contributed by atoms with Gasteiger partial charge in [-0.2, -0.15) is 11.3 Å². The maximum absolute atomic E-state index is 12.4. The largest absolute Gasteiger partial charge is 0.381 e. The fourth-order valence-electron chi connectivity index (χ4n) is 3.19. The van der Waals surface area contributed by atoms with Crippen molar-refractivity contribution in [2.45, 2.75) is 38.8 Å². The molecule has 0 aromatic carbocycles. The summed E-state index contributed by atoms with van der Waals surface area (Å²) in [5.41, 5.74) is 7.42. The monoisotopic (exact) mass is 411 g/mol. The number of nitrogens with two attached hydrogens (primary N) is 1. The predicted molar refractivity (Wildman–Crippen MR) is 109 cm³/mol. The minimum atomic E-state index is -0.432. The molecule has 1 aliphatic rings. The van der Waals surface area contributed by atoms with Gasteiger partial charge in [-0.15, -0.1) is 24.8 Å². The number of ether oxygens (including phenoxy) is 1. The molecule has 1 amide bonds. The summed E-state index contributed by atoms with van der Waals surface area (Å²) in [4.78, 5) is 14.8. The van der Waals surface area contributed by atoms with Gasteiger partial charge in [0.05, 0.1) is 12.1 Å². The molecule has 1 aliphatic heterocycles. The van der Waals surface area contributed by atoms with Crippen molar-refractivity contribution in [2.75, 3.05) is 32.8 Å². The molecule has 2 unspecified atom stereocenters. The molecule has 1 fully saturated rings. The molecule has 0 radical (unpaired) electrons. The molecule has 2 heterocycles. The second-order valence-corrected chi connectivity index (χ2v) is 6.79. The Morgan fingerprint density at radius 3 is 2.52 bits per heavy atom. The fourth-order valence-corrected chi connectivity index (χ4v) is 3.90. The molecule has 0 aliphatic carbocycles. The number of hydrogen-bond acceptors (Lipinski definition) is 5. The molecule has 146 valence electrons. The van der Waals surface area contributed by atoms with Crippen molar-refractivity contribution >= 4 is 42.1 Å². The summed E-state index contributed by atoms with van der Waals surface area (Å²) in [6.45, 7) is 8.24. The van der Waals surface area contributed by atoms with E-state index in [1.165, 1.54) is 5.56 Å². The normalized spacial score (nSPS) is 17.3. The van der Waals surface area contributed by atoms with Gasteiger partial charge in [0.15, 0.2) is 0 Å². The molecule has 2 rings (SSSR count). The number of nitrogens with zero attached hydrogens (tertiary/aromatic N) is 1. The van der Waals surface area contributed by atoms with Crippen LogP contribution in [0, 0.1) is 5.92 Å². The number of carbonyl (C=O) groups excluding carboxylic acids is 1. The molecule has 1 saturated heterocycles. The number of rotatable bonds is 8. The maximum atomic E-state index is 12.4. The van der Waals surface area contributed by atoms with E-state index >= 15 is 0 Å². The summed E-state index contributed by atoms with van der Waals surface area (Å²) in [6, 6.07) is 1.92. The molecular formula is C17H31Cl2N3O2S. The second-order valence-electron chi connectivity index (χ2n) is 6.01. The first-order valence-corrected chi connectivity index (χ1v) is 9.48. The molecule has 2 atom stereocenters. The van der Waals surface area contributed by atoms with E-state index in [9.17, 15) is 4.79 Å². The van der Waals surface area contributed by atoms with Crippen molar-refractivity contribution in [1.29, 1.82) is 0 Å². The van der Waals surface area contributed by atoms with Crippen molar-refractivity contribution < 1.29 is 9.53 Å². The topological polar surface area (TPSA) is 67.6 Å². The van der Waals surface area contributed by atoms with Crippen LogP contribution in [0.2, 0.25) is 0 Å².